The minimum Gasteiger partial charge on any atom is -0.381 e. The zero-order valence-corrected chi connectivity index (χ0v) is 10.1. The average Bonchev–Trinajstić information content (AvgIpc) is 2.27. The first-order valence-electron chi connectivity index (χ1n) is 5.92. The van der Waals surface area contributed by atoms with Gasteiger partial charge in [0.1, 0.15) is 11.6 Å². The molecular weight excluding hydrogens is 224 g/mol. The van der Waals surface area contributed by atoms with Crippen molar-refractivity contribution in [3.63, 3.8) is 0 Å². The summed E-state index contributed by atoms with van der Waals surface area (Å²) in [7, 11) is 0. The summed E-state index contributed by atoms with van der Waals surface area (Å²) in [6, 6.07) is 2.98. The van der Waals surface area contributed by atoms with E-state index >= 15 is 0 Å². The van der Waals surface area contributed by atoms with Crippen molar-refractivity contribution in [2.24, 2.45) is 5.73 Å². The van der Waals surface area contributed by atoms with Gasteiger partial charge in [0.2, 0.25) is 0 Å². The Morgan fingerprint density at radius 1 is 1.18 bits per heavy atom. The Hall–Kier alpha value is -1.00. The maximum atomic E-state index is 13.0. The molecule has 0 saturated carbocycles. The molecule has 17 heavy (non-hydrogen) atoms. The summed E-state index contributed by atoms with van der Waals surface area (Å²) >= 11 is 0. The fourth-order valence-corrected chi connectivity index (χ4v) is 1.51. The zero-order valence-electron chi connectivity index (χ0n) is 10.1. The van der Waals surface area contributed by atoms with Gasteiger partial charge in [-0.25, -0.2) is 8.78 Å². The molecule has 0 bridgehead atoms. The van der Waals surface area contributed by atoms with Gasteiger partial charge in [-0.3, -0.25) is 0 Å². The Bertz CT molecular complexity index is 324. The Kier molecular flexibility index (Phi) is 6.08. The Morgan fingerprint density at radius 3 is 2.41 bits per heavy atom. The van der Waals surface area contributed by atoms with Gasteiger partial charge in [0.05, 0.1) is 0 Å². The zero-order chi connectivity index (χ0) is 12.7. The van der Waals surface area contributed by atoms with Gasteiger partial charge in [0.15, 0.2) is 0 Å². The van der Waals surface area contributed by atoms with Crippen LogP contribution in [0, 0.1) is 11.6 Å². The fraction of sp³-hybridized carbons (Fsp3) is 0.538. The van der Waals surface area contributed by atoms with Crippen LogP contribution >= 0.6 is 0 Å². The molecule has 0 aliphatic carbocycles. The molecule has 1 unspecified atom stereocenters. The smallest absolute Gasteiger partial charge is 0.126 e. The van der Waals surface area contributed by atoms with E-state index < -0.39 is 11.6 Å². The molecule has 96 valence electrons. The van der Waals surface area contributed by atoms with Crippen molar-refractivity contribution in [2.75, 3.05) is 13.2 Å². The third-order valence-electron chi connectivity index (χ3n) is 2.53. The topological polar surface area (TPSA) is 35.2 Å². The quantitative estimate of drug-likeness (QED) is 0.746. The molecule has 1 aromatic carbocycles. The molecule has 0 heterocycles. The van der Waals surface area contributed by atoms with E-state index in [0.29, 0.717) is 25.2 Å². The SMILES string of the molecule is CCCCOCCC(N)c1cc(F)cc(F)c1. The normalized spacial score (nSPS) is 12.7. The summed E-state index contributed by atoms with van der Waals surface area (Å²) in [5.41, 5.74) is 6.31. The van der Waals surface area contributed by atoms with Crippen LogP contribution in [0.3, 0.4) is 0 Å². The highest BCUT2D eigenvalue weighted by atomic mass is 19.1. The van der Waals surface area contributed by atoms with E-state index in [2.05, 4.69) is 6.92 Å². The summed E-state index contributed by atoms with van der Waals surface area (Å²) in [5.74, 6) is -1.19. The predicted molar refractivity (Wildman–Crippen MR) is 63.6 cm³/mol. The highest BCUT2D eigenvalue weighted by Crippen LogP contribution is 2.17. The van der Waals surface area contributed by atoms with E-state index in [4.69, 9.17) is 10.5 Å². The third kappa shape index (κ3) is 5.24. The summed E-state index contributed by atoms with van der Waals surface area (Å²) in [4.78, 5) is 0. The number of hydrogen-bond donors (Lipinski definition) is 1. The Labute approximate surface area is 101 Å². The summed E-state index contributed by atoms with van der Waals surface area (Å²) in [5, 5.41) is 0. The van der Waals surface area contributed by atoms with Crippen molar-refractivity contribution < 1.29 is 13.5 Å². The maximum Gasteiger partial charge on any atom is 0.126 e. The number of ether oxygens (including phenoxy) is 1. The number of halogens is 2. The summed E-state index contributed by atoms with van der Waals surface area (Å²) < 4.78 is 31.3. The van der Waals surface area contributed by atoms with Crippen LogP contribution in [0.4, 0.5) is 8.78 Å². The van der Waals surface area contributed by atoms with E-state index in [1.165, 1.54) is 12.1 Å². The van der Waals surface area contributed by atoms with Crippen LogP contribution in [0.2, 0.25) is 0 Å². The molecule has 0 radical (unpaired) electrons. The van der Waals surface area contributed by atoms with Gasteiger partial charge in [-0.2, -0.15) is 0 Å². The summed E-state index contributed by atoms with van der Waals surface area (Å²) in [6.45, 7) is 3.31. The molecule has 0 amide bonds. The summed E-state index contributed by atoms with van der Waals surface area (Å²) in [6.07, 6.45) is 2.66. The fourth-order valence-electron chi connectivity index (χ4n) is 1.51. The number of nitrogens with two attached hydrogens (primary N) is 1. The molecule has 0 fully saturated rings. The van der Waals surface area contributed by atoms with Crippen LogP contribution in [-0.4, -0.2) is 13.2 Å². The lowest BCUT2D eigenvalue weighted by molar-refractivity contribution is 0.124. The number of hydrogen-bond acceptors (Lipinski definition) is 2. The van der Waals surface area contributed by atoms with Gasteiger partial charge in [-0.15, -0.1) is 0 Å². The Morgan fingerprint density at radius 2 is 1.82 bits per heavy atom. The van der Waals surface area contributed by atoms with E-state index in [-0.39, 0.29) is 6.04 Å². The van der Waals surface area contributed by atoms with Crippen molar-refractivity contribution in [3.05, 3.63) is 35.4 Å². The minimum absolute atomic E-state index is 0.387. The average molecular weight is 243 g/mol. The second-order valence-electron chi connectivity index (χ2n) is 4.06. The number of benzene rings is 1. The van der Waals surface area contributed by atoms with Crippen LogP contribution in [0.1, 0.15) is 37.8 Å². The first kappa shape index (κ1) is 14.1. The number of rotatable bonds is 7. The molecular formula is C13H19F2NO. The molecule has 0 saturated heterocycles. The maximum absolute atomic E-state index is 13.0. The van der Waals surface area contributed by atoms with Crippen molar-refractivity contribution >= 4 is 0 Å². The van der Waals surface area contributed by atoms with Crippen LogP contribution in [0.25, 0.3) is 0 Å². The monoisotopic (exact) mass is 243 g/mol. The van der Waals surface area contributed by atoms with Gasteiger partial charge in [0, 0.05) is 25.3 Å². The van der Waals surface area contributed by atoms with Crippen molar-refractivity contribution in [1.29, 1.82) is 0 Å². The van der Waals surface area contributed by atoms with Gasteiger partial charge in [0.25, 0.3) is 0 Å². The lowest BCUT2D eigenvalue weighted by Gasteiger charge is -2.12. The van der Waals surface area contributed by atoms with E-state index in [1.54, 1.807) is 0 Å². The Balaban J connectivity index is 2.38. The molecule has 0 aromatic heterocycles. The van der Waals surface area contributed by atoms with E-state index in [1.807, 2.05) is 0 Å². The van der Waals surface area contributed by atoms with Crippen LogP contribution in [0.15, 0.2) is 18.2 Å². The molecule has 2 N–H and O–H groups in total. The van der Waals surface area contributed by atoms with E-state index in [9.17, 15) is 8.78 Å². The van der Waals surface area contributed by atoms with Crippen molar-refractivity contribution in [1.82, 2.24) is 0 Å². The lowest BCUT2D eigenvalue weighted by Crippen LogP contribution is -2.14. The highest BCUT2D eigenvalue weighted by Gasteiger charge is 2.09. The van der Waals surface area contributed by atoms with Gasteiger partial charge in [-0.05, 0) is 30.5 Å². The van der Waals surface area contributed by atoms with Crippen molar-refractivity contribution in [2.45, 2.75) is 32.2 Å². The third-order valence-corrected chi connectivity index (χ3v) is 2.53. The molecule has 0 aliphatic heterocycles. The molecule has 1 atom stereocenters. The standard InChI is InChI=1S/C13H19F2NO/c1-2-3-5-17-6-4-13(16)10-7-11(14)9-12(15)8-10/h7-9,13H,2-6,16H2,1H3. The second kappa shape index (κ2) is 7.35. The molecule has 2 nitrogen and oxygen atoms in total. The molecule has 1 rings (SSSR count). The van der Waals surface area contributed by atoms with Crippen LogP contribution in [0.5, 0.6) is 0 Å². The largest absolute Gasteiger partial charge is 0.381 e. The van der Waals surface area contributed by atoms with Crippen molar-refractivity contribution in [3.8, 4) is 0 Å². The predicted octanol–water partition coefficient (Wildman–Crippen LogP) is 3.17. The number of unbranched alkanes of at least 4 members (excludes halogenated alkanes) is 1. The van der Waals surface area contributed by atoms with Crippen LogP contribution < -0.4 is 5.73 Å². The van der Waals surface area contributed by atoms with Gasteiger partial charge < -0.3 is 10.5 Å². The molecule has 0 spiro atoms. The van der Waals surface area contributed by atoms with E-state index in [0.717, 1.165) is 18.9 Å². The highest BCUT2D eigenvalue weighted by molar-refractivity contribution is 5.20. The minimum atomic E-state index is -0.595. The first-order valence-corrected chi connectivity index (χ1v) is 5.92. The van der Waals surface area contributed by atoms with Gasteiger partial charge >= 0.3 is 0 Å². The second-order valence-corrected chi connectivity index (χ2v) is 4.06. The van der Waals surface area contributed by atoms with Gasteiger partial charge in [-0.1, -0.05) is 13.3 Å². The molecule has 1 aromatic rings. The lowest BCUT2D eigenvalue weighted by atomic mass is 10.0. The first-order chi connectivity index (χ1) is 8.13. The molecule has 4 heteroatoms. The molecule has 0 aliphatic rings. The van der Waals surface area contributed by atoms with Crippen LogP contribution in [-0.2, 0) is 4.74 Å².